The molecular weight excluding hydrogens is 490 g/mol. The van der Waals surface area contributed by atoms with Gasteiger partial charge in [-0.2, -0.15) is 0 Å². The van der Waals surface area contributed by atoms with E-state index in [2.05, 4.69) is 33.2 Å². The van der Waals surface area contributed by atoms with Crippen LogP contribution in [0.25, 0.3) is 33.2 Å². The van der Waals surface area contributed by atoms with Crippen LogP contribution in [0.2, 0.25) is 0 Å². The van der Waals surface area contributed by atoms with Gasteiger partial charge in [-0.05, 0) is 56.0 Å². The van der Waals surface area contributed by atoms with Gasteiger partial charge in [0.25, 0.3) is 5.91 Å². The number of aryl methyl sites for hydroxylation is 2. The first-order chi connectivity index (χ1) is 19.0. The molecule has 1 saturated carbocycles. The Morgan fingerprint density at radius 2 is 1.67 bits per heavy atom. The van der Waals surface area contributed by atoms with E-state index in [0.29, 0.717) is 23.9 Å². The molecule has 1 amide bonds. The van der Waals surface area contributed by atoms with Gasteiger partial charge in [0.05, 0.1) is 22.3 Å². The van der Waals surface area contributed by atoms with Crippen LogP contribution in [0.4, 0.5) is 0 Å². The standard InChI is InChI=1S/C31H35N5O3/c1-33-15-17-34(18-16-33)30(37)29-32-24-10-5-9-23-27(24)36(29)14-6-13-35-25-19-21(31(38)39)11-12-22(25)26(28(23)35)20-7-3-2-4-8-20/h5,9-12,19-20H,2-4,6-8,13-18H2,1H3,(H,38,39). The lowest BCUT2D eigenvalue weighted by Crippen LogP contribution is -2.47. The summed E-state index contributed by atoms with van der Waals surface area (Å²) in [6.07, 6.45) is 6.84. The predicted octanol–water partition coefficient (Wildman–Crippen LogP) is 5.20. The third kappa shape index (κ3) is 3.95. The Labute approximate surface area is 227 Å². The fraction of sp³-hybridized carbons (Fsp3) is 0.452. The van der Waals surface area contributed by atoms with E-state index in [0.717, 1.165) is 74.1 Å². The summed E-state index contributed by atoms with van der Waals surface area (Å²) in [5.74, 6) is 0.0966. The topological polar surface area (TPSA) is 83.6 Å². The number of rotatable bonds is 3. The lowest BCUT2D eigenvalue weighted by Gasteiger charge is -2.32. The normalized spacial score (nSPS) is 18.7. The van der Waals surface area contributed by atoms with Crippen LogP contribution in [0.15, 0.2) is 36.4 Å². The molecule has 202 valence electrons. The van der Waals surface area contributed by atoms with Crippen LogP contribution in [0.1, 0.15) is 71.0 Å². The average molecular weight is 526 g/mol. The molecule has 2 aromatic heterocycles. The molecule has 7 rings (SSSR count). The fourth-order valence-electron chi connectivity index (χ4n) is 7.13. The maximum atomic E-state index is 13.8. The number of fused-ring (bicyclic) bond motifs is 4. The van der Waals surface area contributed by atoms with Crippen molar-refractivity contribution in [3.63, 3.8) is 0 Å². The van der Waals surface area contributed by atoms with Crippen molar-refractivity contribution in [3.8, 4) is 11.3 Å². The van der Waals surface area contributed by atoms with Crippen LogP contribution in [0.3, 0.4) is 0 Å². The van der Waals surface area contributed by atoms with E-state index in [-0.39, 0.29) is 5.91 Å². The van der Waals surface area contributed by atoms with Crippen molar-refractivity contribution in [2.45, 2.75) is 57.5 Å². The number of aromatic nitrogens is 3. The summed E-state index contributed by atoms with van der Waals surface area (Å²) in [5, 5.41) is 10.9. The van der Waals surface area contributed by atoms with Crippen molar-refractivity contribution >= 4 is 33.8 Å². The molecule has 0 unspecified atom stereocenters. The Balaban J connectivity index is 1.46. The Bertz CT molecular complexity index is 1600. The summed E-state index contributed by atoms with van der Waals surface area (Å²) in [4.78, 5) is 34.8. The highest BCUT2D eigenvalue weighted by Crippen LogP contribution is 2.46. The molecule has 1 saturated heterocycles. The molecule has 8 heteroatoms. The van der Waals surface area contributed by atoms with Gasteiger partial charge in [-0.1, -0.05) is 37.5 Å². The Hall–Kier alpha value is -3.65. The number of likely N-dealkylation sites (N-methyl/N-ethyl adjacent to an activating group) is 1. The molecule has 0 atom stereocenters. The number of hydrogen-bond acceptors (Lipinski definition) is 4. The van der Waals surface area contributed by atoms with E-state index < -0.39 is 5.97 Å². The van der Waals surface area contributed by atoms with Crippen molar-refractivity contribution in [1.82, 2.24) is 23.9 Å². The molecule has 0 radical (unpaired) electrons. The maximum Gasteiger partial charge on any atom is 0.335 e. The highest BCUT2D eigenvalue weighted by molar-refractivity contribution is 6.04. The number of imidazole rings is 1. The lowest BCUT2D eigenvalue weighted by molar-refractivity contribution is 0.0646. The molecule has 4 heterocycles. The highest BCUT2D eigenvalue weighted by Gasteiger charge is 2.32. The summed E-state index contributed by atoms with van der Waals surface area (Å²) >= 11 is 0. The molecule has 2 fully saturated rings. The number of para-hydroxylation sites is 1. The van der Waals surface area contributed by atoms with Gasteiger partial charge in [0, 0.05) is 55.7 Å². The number of carboxylic acids is 1. The summed E-state index contributed by atoms with van der Waals surface area (Å²) in [7, 11) is 2.09. The second-order valence-electron chi connectivity index (χ2n) is 11.5. The molecule has 39 heavy (non-hydrogen) atoms. The zero-order valence-corrected chi connectivity index (χ0v) is 22.5. The summed E-state index contributed by atoms with van der Waals surface area (Å²) in [5.41, 5.74) is 6.83. The van der Waals surface area contributed by atoms with E-state index in [4.69, 9.17) is 4.98 Å². The molecule has 2 aliphatic heterocycles. The largest absolute Gasteiger partial charge is 0.478 e. The van der Waals surface area contributed by atoms with E-state index in [1.54, 1.807) is 6.07 Å². The Morgan fingerprint density at radius 3 is 2.44 bits per heavy atom. The first-order valence-electron chi connectivity index (χ1n) is 14.4. The van der Waals surface area contributed by atoms with Crippen LogP contribution >= 0.6 is 0 Å². The Kier molecular flexibility index (Phi) is 5.95. The van der Waals surface area contributed by atoms with Gasteiger partial charge in [0.15, 0.2) is 5.82 Å². The number of carbonyl (C=O) groups is 2. The monoisotopic (exact) mass is 525 g/mol. The SMILES string of the molecule is CN1CCN(C(=O)c2nc3cccc4c3n2CCCn2c-4c(C3CCCCC3)c3ccc(C(=O)O)cc32)CC1. The smallest absolute Gasteiger partial charge is 0.335 e. The van der Waals surface area contributed by atoms with Gasteiger partial charge >= 0.3 is 5.97 Å². The minimum atomic E-state index is -0.898. The molecule has 1 aliphatic carbocycles. The number of amides is 1. The molecule has 3 aliphatic rings. The second kappa shape index (κ2) is 9.52. The maximum absolute atomic E-state index is 13.8. The minimum Gasteiger partial charge on any atom is -0.478 e. The first kappa shape index (κ1) is 24.4. The van der Waals surface area contributed by atoms with E-state index >= 15 is 0 Å². The molecule has 0 bridgehead atoms. The number of nitrogens with zero attached hydrogens (tertiary/aromatic N) is 5. The number of carbonyl (C=O) groups excluding carboxylic acids is 1. The predicted molar refractivity (Wildman–Crippen MR) is 151 cm³/mol. The fourth-order valence-corrected chi connectivity index (χ4v) is 7.13. The van der Waals surface area contributed by atoms with Gasteiger partial charge in [-0.15, -0.1) is 0 Å². The quantitative estimate of drug-likeness (QED) is 0.398. The van der Waals surface area contributed by atoms with Crippen molar-refractivity contribution in [1.29, 1.82) is 0 Å². The lowest BCUT2D eigenvalue weighted by atomic mass is 9.81. The van der Waals surface area contributed by atoms with Crippen LogP contribution in [0, 0.1) is 0 Å². The minimum absolute atomic E-state index is 0.0185. The van der Waals surface area contributed by atoms with Crippen molar-refractivity contribution in [2.24, 2.45) is 0 Å². The molecule has 1 N–H and O–H groups in total. The van der Waals surface area contributed by atoms with Gasteiger partial charge in [-0.3, -0.25) is 4.79 Å². The number of hydrogen-bond donors (Lipinski definition) is 1. The van der Waals surface area contributed by atoms with Crippen molar-refractivity contribution in [3.05, 3.63) is 53.3 Å². The van der Waals surface area contributed by atoms with E-state index in [1.807, 2.05) is 23.1 Å². The summed E-state index contributed by atoms with van der Waals surface area (Å²) in [6, 6.07) is 11.9. The molecule has 2 aromatic carbocycles. The van der Waals surface area contributed by atoms with Crippen molar-refractivity contribution in [2.75, 3.05) is 33.2 Å². The number of carboxylic acid groups (broad SMARTS) is 1. The van der Waals surface area contributed by atoms with Gasteiger partial charge < -0.3 is 24.0 Å². The number of piperazine rings is 1. The average Bonchev–Trinajstić information content (AvgIpc) is 3.47. The van der Waals surface area contributed by atoms with Crippen LogP contribution in [0.5, 0.6) is 0 Å². The molecule has 8 nitrogen and oxygen atoms in total. The highest BCUT2D eigenvalue weighted by atomic mass is 16.4. The van der Waals surface area contributed by atoms with Gasteiger partial charge in [-0.25, -0.2) is 9.78 Å². The van der Waals surface area contributed by atoms with Crippen LogP contribution in [-0.2, 0) is 13.1 Å². The number of aromatic carboxylic acids is 1. The van der Waals surface area contributed by atoms with Crippen LogP contribution < -0.4 is 0 Å². The van der Waals surface area contributed by atoms with Crippen LogP contribution in [-0.4, -0.2) is 74.1 Å². The zero-order valence-electron chi connectivity index (χ0n) is 22.5. The molecule has 0 spiro atoms. The third-order valence-corrected chi connectivity index (χ3v) is 9.13. The van der Waals surface area contributed by atoms with E-state index in [1.165, 1.54) is 35.9 Å². The Morgan fingerprint density at radius 1 is 0.897 bits per heavy atom. The zero-order chi connectivity index (χ0) is 26.7. The van der Waals surface area contributed by atoms with Crippen molar-refractivity contribution < 1.29 is 14.7 Å². The summed E-state index contributed by atoms with van der Waals surface area (Å²) in [6.45, 7) is 4.64. The third-order valence-electron chi connectivity index (χ3n) is 9.13. The van der Waals surface area contributed by atoms with E-state index in [9.17, 15) is 14.7 Å². The first-order valence-corrected chi connectivity index (χ1v) is 14.4. The van der Waals surface area contributed by atoms with Gasteiger partial charge in [0.2, 0.25) is 0 Å². The van der Waals surface area contributed by atoms with Gasteiger partial charge in [0.1, 0.15) is 0 Å². The second-order valence-corrected chi connectivity index (χ2v) is 11.5. The molecule has 4 aromatic rings. The summed E-state index contributed by atoms with van der Waals surface area (Å²) < 4.78 is 4.53. The molecular formula is C31H35N5O3. The number of benzene rings is 2.